The molecule has 0 aromatic rings. The summed E-state index contributed by atoms with van der Waals surface area (Å²) in [5.41, 5.74) is 0. The summed E-state index contributed by atoms with van der Waals surface area (Å²) in [5.74, 6) is 0. The molecule has 0 aromatic heterocycles. The molecule has 1 fully saturated rings. The first-order valence-corrected chi connectivity index (χ1v) is 3.93. The molecule has 3 heteroatoms. The molecule has 0 aromatic carbocycles. The van der Waals surface area contributed by atoms with Crippen LogP contribution in [0.1, 0.15) is 19.8 Å². The molecule has 1 aliphatic carbocycles. The molecule has 0 aliphatic heterocycles. The number of nitrogens with one attached hydrogen (secondary N) is 1. The van der Waals surface area contributed by atoms with Crippen molar-refractivity contribution in [2.75, 3.05) is 7.05 Å². The highest BCUT2D eigenvalue weighted by Gasteiger charge is 2.49. The molecule has 0 bridgehead atoms. The van der Waals surface area contributed by atoms with E-state index in [4.69, 9.17) is 0 Å². The van der Waals surface area contributed by atoms with E-state index < -0.39 is 11.4 Å². The van der Waals surface area contributed by atoms with E-state index in [1.807, 2.05) is 6.92 Å². The van der Waals surface area contributed by atoms with Crippen LogP contribution in [0.5, 0.6) is 0 Å². The Labute approximate surface area is 53.0 Å². The number of hydrogen-bond donors (Lipinski definition) is 1. The zero-order chi connectivity index (χ0) is 6.20. The Morgan fingerprint density at radius 1 is 1.62 bits per heavy atom. The summed E-state index contributed by atoms with van der Waals surface area (Å²) < 4.78 is 13.8. The van der Waals surface area contributed by atoms with Gasteiger partial charge in [0, 0.05) is 31.3 Å². The molecular formula is C5H11NOS. The average Bonchev–Trinajstić information content (AvgIpc) is 2.47. The van der Waals surface area contributed by atoms with E-state index >= 15 is 0 Å². The second kappa shape index (κ2) is 1.90. The van der Waals surface area contributed by atoms with Gasteiger partial charge in [-0.3, -0.25) is 0 Å². The smallest absolute Gasteiger partial charge is 0.142 e. The fourth-order valence-electron chi connectivity index (χ4n) is 0.608. The van der Waals surface area contributed by atoms with E-state index in [0.717, 1.165) is 12.8 Å². The molecule has 0 spiro atoms. The molecule has 1 atom stereocenters. The fraction of sp³-hybridized carbons (Fsp3) is 1.00. The van der Waals surface area contributed by atoms with E-state index in [1.54, 1.807) is 7.05 Å². The first-order valence-electron chi connectivity index (χ1n) is 2.78. The monoisotopic (exact) mass is 133 g/mol. The van der Waals surface area contributed by atoms with Crippen LogP contribution in [0.25, 0.3) is 0 Å². The largest absolute Gasteiger partial charge is 0.598 e. The third-order valence-corrected chi connectivity index (χ3v) is 3.26. The van der Waals surface area contributed by atoms with Gasteiger partial charge in [-0.2, -0.15) is 0 Å². The zero-order valence-electron chi connectivity index (χ0n) is 5.23. The van der Waals surface area contributed by atoms with Crippen LogP contribution in [0.15, 0.2) is 0 Å². The summed E-state index contributed by atoms with van der Waals surface area (Å²) in [6.07, 6.45) is 2.22. The maximum absolute atomic E-state index is 10.9. The highest BCUT2D eigenvalue weighted by atomic mass is 32.2. The number of rotatable bonds is 2. The van der Waals surface area contributed by atoms with Gasteiger partial charge in [0.2, 0.25) is 0 Å². The second-order valence-electron chi connectivity index (χ2n) is 2.42. The summed E-state index contributed by atoms with van der Waals surface area (Å²) in [6, 6.07) is 0. The van der Waals surface area contributed by atoms with Crippen molar-refractivity contribution in [2.45, 2.75) is 24.5 Å². The molecule has 0 radical (unpaired) electrons. The molecular weight excluding hydrogens is 122 g/mol. The van der Waals surface area contributed by atoms with Crippen molar-refractivity contribution in [3.63, 3.8) is 0 Å². The lowest BCUT2D eigenvalue weighted by Gasteiger charge is -2.13. The van der Waals surface area contributed by atoms with E-state index in [2.05, 4.69) is 4.72 Å². The normalized spacial score (nSPS) is 27.4. The van der Waals surface area contributed by atoms with Crippen LogP contribution >= 0.6 is 0 Å². The van der Waals surface area contributed by atoms with Gasteiger partial charge >= 0.3 is 0 Å². The minimum absolute atomic E-state index is 0.120. The molecule has 2 nitrogen and oxygen atoms in total. The number of hydrogen-bond acceptors (Lipinski definition) is 2. The summed E-state index contributed by atoms with van der Waals surface area (Å²) in [7, 11) is 1.74. The Morgan fingerprint density at radius 3 is 2.25 bits per heavy atom. The predicted octanol–water partition coefficient (Wildman–Crippen LogP) is 0.422. The summed E-state index contributed by atoms with van der Waals surface area (Å²) in [4.78, 5) is 0. The van der Waals surface area contributed by atoms with E-state index in [1.165, 1.54) is 0 Å². The quantitative estimate of drug-likeness (QED) is 0.554. The van der Waals surface area contributed by atoms with Gasteiger partial charge in [0.25, 0.3) is 0 Å². The predicted molar refractivity (Wildman–Crippen MR) is 34.8 cm³/mol. The molecule has 0 amide bonds. The van der Waals surface area contributed by atoms with Gasteiger partial charge in [0.05, 0.1) is 0 Å². The Kier molecular flexibility index (Phi) is 1.52. The second-order valence-corrected chi connectivity index (χ2v) is 4.35. The van der Waals surface area contributed by atoms with Gasteiger partial charge in [-0.1, -0.05) is 0 Å². The van der Waals surface area contributed by atoms with Crippen molar-refractivity contribution in [1.82, 2.24) is 4.72 Å². The molecule has 1 rings (SSSR count). The first kappa shape index (κ1) is 6.39. The van der Waals surface area contributed by atoms with Gasteiger partial charge < -0.3 is 4.55 Å². The van der Waals surface area contributed by atoms with Crippen LogP contribution < -0.4 is 4.72 Å². The Morgan fingerprint density at radius 2 is 2.12 bits per heavy atom. The van der Waals surface area contributed by atoms with Gasteiger partial charge in [0.1, 0.15) is 4.75 Å². The van der Waals surface area contributed by atoms with Gasteiger partial charge in [-0.15, -0.1) is 4.72 Å². The van der Waals surface area contributed by atoms with Crippen LogP contribution in [-0.2, 0) is 11.4 Å². The fourth-order valence-corrected chi connectivity index (χ4v) is 1.57. The van der Waals surface area contributed by atoms with Crippen LogP contribution in [0.2, 0.25) is 0 Å². The van der Waals surface area contributed by atoms with Crippen molar-refractivity contribution in [1.29, 1.82) is 0 Å². The standard InChI is InChI=1S/C5H11NOS/c1-5(3-4-5)8(7)6-2/h6H,3-4H2,1-2H3. The van der Waals surface area contributed by atoms with E-state index in [-0.39, 0.29) is 4.75 Å². The Hall–Kier alpha value is 0.270. The minimum atomic E-state index is -0.783. The molecule has 1 unspecified atom stereocenters. The highest BCUT2D eigenvalue weighted by Crippen LogP contribution is 2.41. The first-order chi connectivity index (χ1) is 3.69. The van der Waals surface area contributed by atoms with Gasteiger partial charge in [0.15, 0.2) is 0 Å². The van der Waals surface area contributed by atoms with Crippen LogP contribution in [-0.4, -0.2) is 16.3 Å². The summed E-state index contributed by atoms with van der Waals surface area (Å²) >= 11 is -0.783. The van der Waals surface area contributed by atoms with Crippen LogP contribution in [0, 0.1) is 0 Å². The SMILES string of the molecule is CN[S+]([O-])C1(C)CC1. The topological polar surface area (TPSA) is 35.1 Å². The van der Waals surface area contributed by atoms with E-state index in [9.17, 15) is 4.55 Å². The van der Waals surface area contributed by atoms with Gasteiger partial charge in [-0.05, 0) is 6.92 Å². The van der Waals surface area contributed by atoms with Crippen LogP contribution in [0.4, 0.5) is 0 Å². The lowest BCUT2D eigenvalue weighted by molar-refractivity contribution is 0.572. The lowest BCUT2D eigenvalue weighted by Crippen LogP contribution is -2.30. The lowest BCUT2D eigenvalue weighted by atomic mass is 10.5. The highest BCUT2D eigenvalue weighted by molar-refractivity contribution is 7.91. The Balaban J connectivity index is 2.34. The molecule has 1 saturated carbocycles. The Bertz CT molecular complexity index is 92.4. The van der Waals surface area contributed by atoms with Crippen molar-refractivity contribution in [3.8, 4) is 0 Å². The molecule has 1 N–H and O–H groups in total. The summed E-state index contributed by atoms with van der Waals surface area (Å²) in [5, 5.41) is 0. The third kappa shape index (κ3) is 0.989. The molecule has 48 valence electrons. The maximum atomic E-state index is 10.9. The maximum Gasteiger partial charge on any atom is 0.142 e. The van der Waals surface area contributed by atoms with Crippen molar-refractivity contribution in [3.05, 3.63) is 0 Å². The van der Waals surface area contributed by atoms with Gasteiger partial charge in [-0.25, -0.2) is 0 Å². The van der Waals surface area contributed by atoms with E-state index in [0.29, 0.717) is 0 Å². The zero-order valence-corrected chi connectivity index (χ0v) is 6.05. The van der Waals surface area contributed by atoms with Crippen molar-refractivity contribution in [2.24, 2.45) is 0 Å². The molecule has 0 heterocycles. The molecule has 8 heavy (non-hydrogen) atoms. The molecule has 1 aliphatic rings. The summed E-state index contributed by atoms with van der Waals surface area (Å²) in [6.45, 7) is 2.04. The van der Waals surface area contributed by atoms with Crippen molar-refractivity contribution < 1.29 is 4.55 Å². The molecule has 0 saturated heterocycles. The average molecular weight is 133 g/mol. The minimum Gasteiger partial charge on any atom is -0.598 e. The van der Waals surface area contributed by atoms with Crippen molar-refractivity contribution >= 4 is 11.4 Å². The van der Waals surface area contributed by atoms with Crippen LogP contribution in [0.3, 0.4) is 0 Å². The third-order valence-electron chi connectivity index (χ3n) is 1.59.